The van der Waals surface area contributed by atoms with Crippen LogP contribution in [0.3, 0.4) is 0 Å². The molecule has 1 saturated heterocycles. The minimum atomic E-state index is -0.452. The lowest BCUT2D eigenvalue weighted by Gasteiger charge is -2.27. The van der Waals surface area contributed by atoms with Gasteiger partial charge in [0, 0.05) is 26.2 Å². The Balaban J connectivity index is 1.34. The van der Waals surface area contributed by atoms with Crippen LogP contribution in [0.4, 0.5) is 0 Å². The van der Waals surface area contributed by atoms with Crippen LogP contribution in [-0.2, 0) is 22.4 Å². The highest BCUT2D eigenvalue weighted by Gasteiger charge is 2.38. The summed E-state index contributed by atoms with van der Waals surface area (Å²) in [6.45, 7) is 2.17. The number of nitrogens with two attached hydrogens (primary N) is 1. The summed E-state index contributed by atoms with van der Waals surface area (Å²) in [6.07, 6.45) is 1.52. The van der Waals surface area contributed by atoms with Gasteiger partial charge in [0.25, 0.3) is 0 Å². The summed E-state index contributed by atoms with van der Waals surface area (Å²) >= 11 is 0. The lowest BCUT2D eigenvalue weighted by Crippen LogP contribution is -2.44. The molecular formula is C30H31N3O2. The Hall–Kier alpha value is -3.70. The predicted octanol–water partition coefficient (Wildman–Crippen LogP) is 3.93. The Morgan fingerprint density at radius 3 is 1.71 bits per heavy atom. The summed E-state index contributed by atoms with van der Waals surface area (Å²) < 4.78 is 0. The molecular weight excluding hydrogens is 434 g/mol. The van der Waals surface area contributed by atoms with Crippen molar-refractivity contribution in [2.45, 2.75) is 12.8 Å². The molecule has 2 unspecified atom stereocenters. The Kier molecular flexibility index (Phi) is 6.77. The maximum absolute atomic E-state index is 13.6. The maximum Gasteiger partial charge on any atom is 0.227 e. The molecule has 5 rings (SSSR count). The van der Waals surface area contributed by atoms with E-state index < -0.39 is 17.7 Å². The molecule has 4 aromatic carbocycles. The monoisotopic (exact) mass is 465 g/mol. The normalized spacial score (nSPS) is 17.6. The van der Waals surface area contributed by atoms with Crippen LogP contribution in [0.15, 0.2) is 84.9 Å². The van der Waals surface area contributed by atoms with Crippen LogP contribution in [0.1, 0.15) is 11.1 Å². The fourth-order valence-electron chi connectivity index (χ4n) is 5.12. The highest BCUT2D eigenvalue weighted by molar-refractivity contribution is 5.88. The summed E-state index contributed by atoms with van der Waals surface area (Å²) in [7, 11) is 0. The molecule has 1 fully saturated rings. The fourth-order valence-corrected chi connectivity index (χ4v) is 5.12. The number of benzene rings is 4. The third-order valence-corrected chi connectivity index (χ3v) is 7.18. The van der Waals surface area contributed by atoms with Gasteiger partial charge in [0.1, 0.15) is 0 Å². The van der Waals surface area contributed by atoms with Gasteiger partial charge in [-0.15, -0.1) is 0 Å². The van der Waals surface area contributed by atoms with Crippen molar-refractivity contribution in [1.82, 2.24) is 10.2 Å². The molecule has 178 valence electrons. The first-order valence-electron chi connectivity index (χ1n) is 12.3. The van der Waals surface area contributed by atoms with Gasteiger partial charge in [-0.1, -0.05) is 84.9 Å². The molecule has 3 N–H and O–H groups in total. The molecule has 0 spiro atoms. The van der Waals surface area contributed by atoms with Crippen molar-refractivity contribution in [3.8, 4) is 0 Å². The zero-order chi connectivity index (χ0) is 24.2. The molecule has 4 aromatic rings. The zero-order valence-corrected chi connectivity index (χ0v) is 19.8. The molecule has 2 amide bonds. The summed E-state index contributed by atoms with van der Waals surface area (Å²) in [5, 5.41) is 8.00. The second-order valence-corrected chi connectivity index (χ2v) is 9.46. The highest BCUT2D eigenvalue weighted by atomic mass is 16.2. The Bertz CT molecular complexity index is 1280. The van der Waals surface area contributed by atoms with Crippen molar-refractivity contribution in [3.05, 3.63) is 96.1 Å². The second kappa shape index (κ2) is 10.3. The van der Waals surface area contributed by atoms with Crippen molar-refractivity contribution >= 4 is 33.4 Å². The molecule has 0 aromatic heterocycles. The van der Waals surface area contributed by atoms with Gasteiger partial charge in [-0.3, -0.25) is 9.59 Å². The van der Waals surface area contributed by atoms with E-state index in [0.717, 1.165) is 12.8 Å². The molecule has 35 heavy (non-hydrogen) atoms. The van der Waals surface area contributed by atoms with E-state index in [-0.39, 0.29) is 5.91 Å². The summed E-state index contributed by atoms with van der Waals surface area (Å²) in [4.78, 5) is 27.5. The van der Waals surface area contributed by atoms with Crippen LogP contribution in [0.25, 0.3) is 21.5 Å². The fraction of sp³-hybridized carbons (Fsp3) is 0.267. The Morgan fingerprint density at radius 2 is 1.20 bits per heavy atom. The van der Waals surface area contributed by atoms with E-state index in [1.165, 1.54) is 32.7 Å². The number of nitrogens with zero attached hydrogens (tertiary/aromatic N) is 1. The second-order valence-electron chi connectivity index (χ2n) is 9.46. The van der Waals surface area contributed by atoms with E-state index >= 15 is 0 Å². The molecule has 5 heteroatoms. The summed E-state index contributed by atoms with van der Waals surface area (Å²) in [6, 6.07) is 29.6. The van der Waals surface area contributed by atoms with Crippen LogP contribution >= 0.6 is 0 Å². The molecule has 1 heterocycles. The molecule has 1 aliphatic heterocycles. The average molecular weight is 466 g/mol. The Labute approximate surface area is 205 Å². The minimum absolute atomic E-state index is 0.0142. The van der Waals surface area contributed by atoms with E-state index in [1.54, 1.807) is 0 Å². The van der Waals surface area contributed by atoms with E-state index in [0.29, 0.717) is 26.2 Å². The molecule has 5 nitrogen and oxygen atoms in total. The molecule has 0 bridgehead atoms. The quantitative estimate of drug-likeness (QED) is 0.414. The van der Waals surface area contributed by atoms with E-state index in [9.17, 15) is 9.59 Å². The van der Waals surface area contributed by atoms with Crippen LogP contribution in [0.2, 0.25) is 0 Å². The molecule has 0 saturated carbocycles. The van der Waals surface area contributed by atoms with Crippen molar-refractivity contribution in [2.24, 2.45) is 17.6 Å². The number of carbonyl (C=O) groups is 2. The van der Waals surface area contributed by atoms with Gasteiger partial charge in [0.05, 0.1) is 11.8 Å². The maximum atomic E-state index is 13.6. The number of hydrogen-bond donors (Lipinski definition) is 2. The van der Waals surface area contributed by atoms with Crippen LogP contribution in [-0.4, -0.2) is 42.9 Å². The van der Waals surface area contributed by atoms with Crippen LogP contribution in [0, 0.1) is 11.8 Å². The third-order valence-electron chi connectivity index (χ3n) is 7.18. The number of amides is 2. The number of hydrogen-bond acceptors (Lipinski definition) is 3. The van der Waals surface area contributed by atoms with Crippen molar-refractivity contribution in [2.75, 3.05) is 26.2 Å². The van der Waals surface area contributed by atoms with Gasteiger partial charge in [-0.25, -0.2) is 0 Å². The number of rotatable bonds is 8. The average Bonchev–Trinajstić information content (AvgIpc) is 3.39. The van der Waals surface area contributed by atoms with Gasteiger partial charge in [-0.05, 0) is 45.5 Å². The van der Waals surface area contributed by atoms with Crippen molar-refractivity contribution < 1.29 is 9.59 Å². The van der Waals surface area contributed by atoms with E-state index in [4.69, 9.17) is 5.73 Å². The van der Waals surface area contributed by atoms with Crippen molar-refractivity contribution in [1.29, 1.82) is 0 Å². The molecule has 0 radical (unpaired) electrons. The molecule has 2 atom stereocenters. The Morgan fingerprint density at radius 1 is 0.714 bits per heavy atom. The first kappa shape index (κ1) is 23.1. The first-order chi connectivity index (χ1) is 17.1. The van der Waals surface area contributed by atoms with Gasteiger partial charge in [0.2, 0.25) is 11.8 Å². The van der Waals surface area contributed by atoms with Crippen LogP contribution in [0.5, 0.6) is 0 Å². The topological polar surface area (TPSA) is 75.4 Å². The van der Waals surface area contributed by atoms with Crippen molar-refractivity contribution in [3.63, 3.8) is 0 Å². The van der Waals surface area contributed by atoms with Crippen LogP contribution < -0.4 is 11.1 Å². The summed E-state index contributed by atoms with van der Waals surface area (Å²) in [5.74, 6) is -1.25. The number of carbonyl (C=O) groups excluding carboxylic acids is 2. The third kappa shape index (κ3) is 5.20. The van der Waals surface area contributed by atoms with Gasteiger partial charge in [-0.2, -0.15) is 0 Å². The number of fused-ring (bicyclic) bond motifs is 2. The lowest BCUT2D eigenvalue weighted by molar-refractivity contribution is -0.139. The number of nitrogens with one attached hydrogen (secondary N) is 1. The first-order valence-corrected chi connectivity index (χ1v) is 12.3. The molecule has 0 aliphatic carbocycles. The lowest BCUT2D eigenvalue weighted by atomic mass is 9.93. The largest absolute Gasteiger partial charge is 0.369 e. The van der Waals surface area contributed by atoms with E-state index in [1.807, 2.05) is 29.2 Å². The van der Waals surface area contributed by atoms with Gasteiger partial charge < -0.3 is 16.0 Å². The van der Waals surface area contributed by atoms with Gasteiger partial charge >= 0.3 is 0 Å². The van der Waals surface area contributed by atoms with E-state index in [2.05, 4.69) is 66.0 Å². The standard InChI is InChI=1S/C30H31N3O2/c31-29(34)27-19-32-20-28(27)30(35)33(15-13-21-9-11-23-5-1-3-7-25(23)17-21)16-14-22-10-12-24-6-2-4-8-26(24)18-22/h1-12,17-18,27-28,32H,13-16,19-20H2,(H2,31,34). The minimum Gasteiger partial charge on any atom is -0.369 e. The SMILES string of the molecule is NC(=O)C1CNCC1C(=O)N(CCc1ccc2ccccc2c1)CCc1ccc2ccccc2c1. The number of primary amides is 1. The smallest absolute Gasteiger partial charge is 0.227 e. The van der Waals surface area contributed by atoms with Gasteiger partial charge in [0.15, 0.2) is 0 Å². The zero-order valence-electron chi connectivity index (χ0n) is 19.8. The summed E-state index contributed by atoms with van der Waals surface area (Å²) in [5.41, 5.74) is 8.01. The molecule has 1 aliphatic rings. The predicted molar refractivity (Wildman–Crippen MR) is 141 cm³/mol. The highest BCUT2D eigenvalue weighted by Crippen LogP contribution is 2.22.